The van der Waals surface area contributed by atoms with Gasteiger partial charge in [-0.2, -0.15) is 8.42 Å². The van der Waals surface area contributed by atoms with E-state index < -0.39 is 17.3 Å². The second kappa shape index (κ2) is 4.56. The Labute approximate surface area is 57.7 Å². The fraction of sp³-hybridized carbons (Fsp3) is 1.00. The number of alkyl halides is 1. The van der Waals surface area contributed by atoms with E-state index in [1.807, 2.05) is 0 Å². The SMILES string of the molecule is O=S(=O)(O)OCCOCF. The highest BCUT2D eigenvalue weighted by Crippen LogP contribution is 1.85. The monoisotopic (exact) mass is 174 g/mol. The molecule has 0 spiro atoms. The third-order valence-electron chi connectivity index (χ3n) is 0.537. The molecule has 0 heterocycles. The Kier molecular flexibility index (Phi) is 4.45. The Morgan fingerprint density at radius 1 is 1.40 bits per heavy atom. The maximum atomic E-state index is 11.1. The minimum Gasteiger partial charge on any atom is -0.348 e. The predicted octanol–water partition coefficient (Wildman–Crippen LogP) is -0.251. The smallest absolute Gasteiger partial charge is 0.348 e. The summed E-state index contributed by atoms with van der Waals surface area (Å²) in [7, 11) is -4.41. The van der Waals surface area contributed by atoms with Crippen molar-refractivity contribution < 1.29 is 26.3 Å². The summed E-state index contributed by atoms with van der Waals surface area (Å²) in [5.41, 5.74) is 0. The highest BCUT2D eigenvalue weighted by molar-refractivity contribution is 7.80. The second-order valence-corrected chi connectivity index (χ2v) is 2.36. The molecule has 0 atom stereocenters. The van der Waals surface area contributed by atoms with Gasteiger partial charge in [0.2, 0.25) is 0 Å². The summed E-state index contributed by atoms with van der Waals surface area (Å²) in [6.45, 7) is -1.60. The molecule has 62 valence electrons. The molecule has 0 saturated carbocycles. The summed E-state index contributed by atoms with van der Waals surface area (Å²) >= 11 is 0. The summed E-state index contributed by atoms with van der Waals surface area (Å²) in [6.07, 6.45) is 0. The molecule has 1 N–H and O–H groups in total. The van der Waals surface area contributed by atoms with E-state index in [1.165, 1.54) is 0 Å². The molecule has 0 saturated heterocycles. The molecule has 0 aromatic carbocycles. The van der Waals surface area contributed by atoms with Crippen LogP contribution in [-0.4, -0.2) is 33.0 Å². The first-order chi connectivity index (χ1) is 4.56. The molecule has 0 aliphatic rings. The van der Waals surface area contributed by atoms with Crippen molar-refractivity contribution in [2.45, 2.75) is 0 Å². The molecule has 0 aliphatic heterocycles. The lowest BCUT2D eigenvalue weighted by molar-refractivity contribution is 0.0381. The Morgan fingerprint density at radius 2 is 2.00 bits per heavy atom. The number of hydrogen-bond acceptors (Lipinski definition) is 4. The van der Waals surface area contributed by atoms with Crippen molar-refractivity contribution >= 4 is 10.4 Å². The van der Waals surface area contributed by atoms with Crippen LogP contribution in [0.3, 0.4) is 0 Å². The molecule has 0 radical (unpaired) electrons. The van der Waals surface area contributed by atoms with Crippen LogP contribution in [0.15, 0.2) is 0 Å². The van der Waals surface area contributed by atoms with Crippen LogP contribution in [0.25, 0.3) is 0 Å². The van der Waals surface area contributed by atoms with Crippen molar-refractivity contribution in [1.82, 2.24) is 0 Å². The van der Waals surface area contributed by atoms with E-state index in [1.54, 1.807) is 0 Å². The maximum absolute atomic E-state index is 11.1. The Bertz CT molecular complexity index is 164. The van der Waals surface area contributed by atoms with Crippen molar-refractivity contribution in [3.8, 4) is 0 Å². The number of ether oxygens (including phenoxy) is 1. The van der Waals surface area contributed by atoms with Gasteiger partial charge in [0.15, 0.2) is 6.86 Å². The zero-order valence-corrected chi connectivity index (χ0v) is 5.80. The fourth-order valence-corrected chi connectivity index (χ4v) is 0.531. The molecule has 0 aromatic rings. The van der Waals surface area contributed by atoms with Crippen molar-refractivity contribution in [2.24, 2.45) is 0 Å². The summed E-state index contributed by atoms with van der Waals surface area (Å²) < 4.78 is 46.4. The zero-order chi connectivity index (χ0) is 8.04. The molecular weight excluding hydrogens is 167 g/mol. The normalized spacial score (nSPS) is 11.8. The lowest BCUT2D eigenvalue weighted by Crippen LogP contribution is -2.09. The number of rotatable bonds is 5. The van der Waals surface area contributed by atoms with Crippen molar-refractivity contribution in [2.75, 3.05) is 20.1 Å². The lowest BCUT2D eigenvalue weighted by Gasteiger charge is -1.97. The zero-order valence-electron chi connectivity index (χ0n) is 4.99. The Balaban J connectivity index is 3.21. The summed E-state index contributed by atoms with van der Waals surface area (Å²) in [5.74, 6) is 0. The fourth-order valence-electron chi connectivity index (χ4n) is 0.253. The average molecular weight is 174 g/mol. The largest absolute Gasteiger partial charge is 0.397 e. The highest BCUT2D eigenvalue weighted by atomic mass is 32.3. The Morgan fingerprint density at radius 3 is 2.40 bits per heavy atom. The van der Waals surface area contributed by atoms with Gasteiger partial charge in [-0.05, 0) is 0 Å². The molecule has 0 aliphatic carbocycles. The van der Waals surface area contributed by atoms with Crippen LogP contribution >= 0.6 is 0 Å². The van der Waals surface area contributed by atoms with Gasteiger partial charge in [-0.1, -0.05) is 0 Å². The predicted molar refractivity (Wildman–Crippen MR) is 29.4 cm³/mol. The summed E-state index contributed by atoms with van der Waals surface area (Å²) in [4.78, 5) is 0. The van der Waals surface area contributed by atoms with Gasteiger partial charge in [0, 0.05) is 0 Å². The molecule has 5 nitrogen and oxygen atoms in total. The molecular formula is C3H7FO5S. The average Bonchev–Trinajstić information content (AvgIpc) is 1.78. The van der Waals surface area contributed by atoms with Crippen LogP contribution in [0.4, 0.5) is 4.39 Å². The highest BCUT2D eigenvalue weighted by Gasteiger charge is 2.02. The van der Waals surface area contributed by atoms with E-state index in [2.05, 4.69) is 8.92 Å². The minimum absolute atomic E-state index is 0.212. The summed E-state index contributed by atoms with van der Waals surface area (Å²) in [5, 5.41) is 0. The van der Waals surface area contributed by atoms with E-state index in [0.29, 0.717) is 0 Å². The molecule has 0 rings (SSSR count). The van der Waals surface area contributed by atoms with E-state index in [0.717, 1.165) is 0 Å². The number of halogens is 1. The van der Waals surface area contributed by atoms with Crippen LogP contribution in [0.1, 0.15) is 0 Å². The van der Waals surface area contributed by atoms with Gasteiger partial charge >= 0.3 is 10.4 Å². The van der Waals surface area contributed by atoms with E-state index in [9.17, 15) is 12.8 Å². The first kappa shape index (κ1) is 9.76. The van der Waals surface area contributed by atoms with E-state index in [4.69, 9.17) is 4.55 Å². The first-order valence-electron chi connectivity index (χ1n) is 2.32. The van der Waals surface area contributed by atoms with Crippen molar-refractivity contribution in [3.63, 3.8) is 0 Å². The van der Waals surface area contributed by atoms with Crippen LogP contribution in [0.2, 0.25) is 0 Å². The third kappa shape index (κ3) is 7.76. The molecule has 0 amide bonds. The maximum Gasteiger partial charge on any atom is 0.397 e. The third-order valence-corrected chi connectivity index (χ3v) is 1.00. The first-order valence-corrected chi connectivity index (χ1v) is 3.68. The van der Waals surface area contributed by atoms with Crippen molar-refractivity contribution in [1.29, 1.82) is 0 Å². The van der Waals surface area contributed by atoms with Gasteiger partial charge in [-0.15, -0.1) is 0 Å². The van der Waals surface area contributed by atoms with Gasteiger partial charge in [-0.3, -0.25) is 4.55 Å². The van der Waals surface area contributed by atoms with Crippen molar-refractivity contribution in [3.05, 3.63) is 0 Å². The second-order valence-electron chi connectivity index (χ2n) is 1.27. The van der Waals surface area contributed by atoms with Gasteiger partial charge in [0.05, 0.1) is 13.2 Å². The van der Waals surface area contributed by atoms with Gasteiger partial charge < -0.3 is 4.74 Å². The number of hydrogen-bond donors (Lipinski definition) is 1. The lowest BCUT2D eigenvalue weighted by atomic mass is 10.8. The van der Waals surface area contributed by atoms with E-state index in [-0.39, 0.29) is 13.2 Å². The minimum atomic E-state index is -4.41. The summed E-state index contributed by atoms with van der Waals surface area (Å²) in [6, 6.07) is 0. The quantitative estimate of drug-likeness (QED) is 0.459. The van der Waals surface area contributed by atoms with Crippen LogP contribution < -0.4 is 0 Å². The molecule has 0 unspecified atom stereocenters. The van der Waals surface area contributed by atoms with Gasteiger partial charge in [0.25, 0.3) is 0 Å². The van der Waals surface area contributed by atoms with Crippen LogP contribution in [0, 0.1) is 0 Å². The molecule has 7 heteroatoms. The topological polar surface area (TPSA) is 72.8 Å². The van der Waals surface area contributed by atoms with Gasteiger partial charge in [-0.25, -0.2) is 8.57 Å². The standard InChI is InChI=1S/C3H7FO5S/c4-3-8-1-2-9-10(5,6)7/h1-3H2,(H,5,6,7). The molecule has 0 aromatic heterocycles. The van der Waals surface area contributed by atoms with Crippen LogP contribution in [0.5, 0.6) is 0 Å². The van der Waals surface area contributed by atoms with E-state index >= 15 is 0 Å². The molecule has 10 heavy (non-hydrogen) atoms. The van der Waals surface area contributed by atoms with Gasteiger partial charge in [0.1, 0.15) is 0 Å². The molecule has 0 bridgehead atoms. The van der Waals surface area contributed by atoms with Crippen LogP contribution in [-0.2, 0) is 19.3 Å². The molecule has 0 fully saturated rings. The Hall–Kier alpha value is -0.240.